The van der Waals surface area contributed by atoms with Crippen LogP contribution in [-0.2, 0) is 0 Å². The van der Waals surface area contributed by atoms with Crippen LogP contribution >= 0.6 is 0 Å². The van der Waals surface area contributed by atoms with E-state index in [-0.39, 0.29) is 0 Å². The van der Waals surface area contributed by atoms with E-state index in [0.717, 1.165) is 17.8 Å². The van der Waals surface area contributed by atoms with Gasteiger partial charge in [-0.3, -0.25) is 0 Å². The number of unbranched alkanes of at least 4 members (excludes halogenated alkanes) is 3. The lowest BCUT2D eigenvalue weighted by Crippen LogP contribution is -2.22. The Labute approximate surface area is 147 Å². The van der Waals surface area contributed by atoms with Crippen molar-refractivity contribution < 1.29 is 0 Å². The van der Waals surface area contributed by atoms with Crippen molar-refractivity contribution in [3.8, 4) is 0 Å². The van der Waals surface area contributed by atoms with E-state index < -0.39 is 14.1 Å². The minimum Gasteiger partial charge on any atom is -0.0913 e. The summed E-state index contributed by atoms with van der Waals surface area (Å²) in [5.41, 5.74) is 0. The minimum atomic E-state index is -0.535. The van der Waals surface area contributed by atoms with Crippen LogP contribution in [0.3, 0.4) is 0 Å². The van der Waals surface area contributed by atoms with Gasteiger partial charge in [0.05, 0.1) is 0 Å². The summed E-state index contributed by atoms with van der Waals surface area (Å²) in [5.74, 6) is 2.98. The quantitative estimate of drug-likeness (QED) is 0.268. The molecule has 0 aromatic rings. The summed E-state index contributed by atoms with van der Waals surface area (Å²) in [6.45, 7) is 14.6. The first-order valence-corrected chi connectivity index (χ1v) is 13.0. The maximum absolute atomic E-state index is 2.53. The standard InChI is InChI=1S/3C7H15.Al/c3*1-4-5-6-7(2)3;/h3*7H,2,4-6H2,1,3H3;. The Bertz CT molecular complexity index is 188. The predicted molar refractivity (Wildman–Crippen MR) is 106 cm³/mol. The van der Waals surface area contributed by atoms with Crippen molar-refractivity contribution in [2.24, 2.45) is 17.8 Å². The Morgan fingerprint density at radius 3 is 1.05 bits per heavy atom. The Kier molecular flexibility index (Phi) is 15.4. The summed E-state index contributed by atoms with van der Waals surface area (Å²) in [6.07, 6.45) is 12.9. The van der Waals surface area contributed by atoms with E-state index in [4.69, 9.17) is 0 Å². The molecule has 1 heteroatoms. The molecule has 0 aliphatic heterocycles. The van der Waals surface area contributed by atoms with Crippen LogP contribution in [0.2, 0.25) is 15.8 Å². The summed E-state index contributed by atoms with van der Waals surface area (Å²) in [4.78, 5) is 0. The van der Waals surface area contributed by atoms with Gasteiger partial charge in [-0.1, -0.05) is 133 Å². The second kappa shape index (κ2) is 15.1. The van der Waals surface area contributed by atoms with E-state index in [0.29, 0.717) is 0 Å². The second-order valence-electron chi connectivity index (χ2n) is 8.32. The molecular formula is C21H45Al. The molecule has 0 aliphatic carbocycles. The van der Waals surface area contributed by atoms with E-state index >= 15 is 0 Å². The van der Waals surface area contributed by atoms with Gasteiger partial charge in [-0.05, 0) is 0 Å². The molecule has 0 heterocycles. The maximum Gasteiger partial charge on any atom is 0.262 e. The first-order chi connectivity index (χ1) is 10.5. The average Bonchev–Trinajstić information content (AvgIpc) is 2.48. The van der Waals surface area contributed by atoms with E-state index in [1.165, 1.54) is 57.8 Å². The molecule has 3 atom stereocenters. The first kappa shape index (κ1) is 22.5. The Balaban J connectivity index is 4.34. The highest BCUT2D eigenvalue weighted by Crippen LogP contribution is 2.27. The maximum atomic E-state index is 2.53. The summed E-state index contributed by atoms with van der Waals surface area (Å²) in [7, 11) is 0. The third-order valence-electron chi connectivity index (χ3n) is 5.36. The molecule has 0 aromatic heterocycles. The minimum absolute atomic E-state index is 0.535. The van der Waals surface area contributed by atoms with Gasteiger partial charge in [0, 0.05) is 0 Å². The van der Waals surface area contributed by atoms with Gasteiger partial charge < -0.3 is 0 Å². The van der Waals surface area contributed by atoms with E-state index in [2.05, 4.69) is 41.5 Å². The normalized spacial score (nSPS) is 15.5. The fourth-order valence-corrected chi connectivity index (χ4v) is 8.71. The molecule has 0 radical (unpaired) electrons. The highest BCUT2D eigenvalue weighted by atomic mass is 27.2. The van der Waals surface area contributed by atoms with Crippen molar-refractivity contribution in [1.29, 1.82) is 0 Å². The Morgan fingerprint density at radius 1 is 0.545 bits per heavy atom. The molecular weight excluding hydrogens is 279 g/mol. The van der Waals surface area contributed by atoms with Crippen molar-refractivity contribution in [3.05, 3.63) is 0 Å². The number of hydrogen-bond donors (Lipinski definition) is 0. The fourth-order valence-electron chi connectivity index (χ4n) is 4.01. The van der Waals surface area contributed by atoms with Crippen molar-refractivity contribution in [3.63, 3.8) is 0 Å². The van der Waals surface area contributed by atoms with Gasteiger partial charge in [-0.25, -0.2) is 0 Å². The van der Waals surface area contributed by atoms with Gasteiger partial charge in [-0.2, -0.15) is 0 Å². The zero-order chi connectivity index (χ0) is 16.8. The first-order valence-electron chi connectivity index (χ1n) is 10.5. The molecule has 0 saturated heterocycles. The number of hydrogen-bond acceptors (Lipinski definition) is 0. The number of rotatable bonds is 15. The molecule has 0 N–H and O–H groups in total. The zero-order valence-corrected chi connectivity index (χ0v) is 17.9. The van der Waals surface area contributed by atoms with Crippen LogP contribution < -0.4 is 0 Å². The van der Waals surface area contributed by atoms with E-state index in [1.807, 2.05) is 0 Å². The largest absolute Gasteiger partial charge is 0.262 e. The van der Waals surface area contributed by atoms with Crippen LogP contribution in [0.25, 0.3) is 0 Å². The zero-order valence-electron chi connectivity index (χ0n) is 16.8. The molecule has 22 heavy (non-hydrogen) atoms. The van der Waals surface area contributed by atoms with Gasteiger partial charge in [0.15, 0.2) is 0 Å². The van der Waals surface area contributed by atoms with Crippen LogP contribution in [0, 0.1) is 17.8 Å². The third kappa shape index (κ3) is 13.0. The van der Waals surface area contributed by atoms with Gasteiger partial charge in [-0.15, -0.1) is 0 Å². The molecule has 0 aromatic carbocycles. The van der Waals surface area contributed by atoms with Gasteiger partial charge >= 0.3 is 0 Å². The molecule has 0 rings (SSSR count). The molecule has 0 nitrogen and oxygen atoms in total. The summed E-state index contributed by atoms with van der Waals surface area (Å²) >= 11 is -0.535. The highest BCUT2D eigenvalue weighted by Gasteiger charge is 2.24. The second-order valence-corrected chi connectivity index (χ2v) is 11.5. The SMILES string of the molecule is CCCCC(C)[CH2][Al]([CH2]C(C)CCCC)[CH2]C(C)CCCC. The van der Waals surface area contributed by atoms with Crippen LogP contribution in [0.1, 0.15) is 99.3 Å². The molecule has 0 aliphatic rings. The van der Waals surface area contributed by atoms with Crippen molar-refractivity contribution in [1.82, 2.24) is 0 Å². The van der Waals surface area contributed by atoms with Crippen molar-refractivity contribution in [2.75, 3.05) is 0 Å². The molecule has 0 spiro atoms. The molecule has 3 unspecified atom stereocenters. The van der Waals surface area contributed by atoms with Crippen LogP contribution in [0.5, 0.6) is 0 Å². The van der Waals surface area contributed by atoms with Crippen LogP contribution in [-0.4, -0.2) is 14.1 Å². The fraction of sp³-hybridized carbons (Fsp3) is 1.00. The lowest BCUT2D eigenvalue weighted by Gasteiger charge is -2.23. The molecule has 132 valence electrons. The van der Waals surface area contributed by atoms with Gasteiger partial charge in [0.1, 0.15) is 0 Å². The Hall–Kier alpha value is 0.532. The van der Waals surface area contributed by atoms with E-state index in [9.17, 15) is 0 Å². The van der Waals surface area contributed by atoms with Crippen molar-refractivity contribution in [2.45, 2.75) is 115 Å². The lowest BCUT2D eigenvalue weighted by atomic mass is 10.1. The van der Waals surface area contributed by atoms with Crippen LogP contribution in [0.15, 0.2) is 0 Å². The third-order valence-corrected chi connectivity index (χ3v) is 9.77. The highest BCUT2D eigenvalue weighted by molar-refractivity contribution is 6.59. The lowest BCUT2D eigenvalue weighted by molar-refractivity contribution is 0.508. The molecule has 0 amide bonds. The monoisotopic (exact) mass is 324 g/mol. The average molecular weight is 325 g/mol. The molecule has 0 fully saturated rings. The smallest absolute Gasteiger partial charge is 0.0913 e. The van der Waals surface area contributed by atoms with Crippen molar-refractivity contribution >= 4 is 14.1 Å². The van der Waals surface area contributed by atoms with Gasteiger partial charge in [0.2, 0.25) is 0 Å². The van der Waals surface area contributed by atoms with Crippen LogP contribution in [0.4, 0.5) is 0 Å². The Morgan fingerprint density at radius 2 is 0.818 bits per heavy atom. The predicted octanol–water partition coefficient (Wildman–Crippen LogP) is 7.96. The summed E-state index contributed by atoms with van der Waals surface area (Å²) in [5, 5.41) is 4.85. The summed E-state index contributed by atoms with van der Waals surface area (Å²) < 4.78 is 0. The van der Waals surface area contributed by atoms with Gasteiger partial charge in [0.25, 0.3) is 14.1 Å². The topological polar surface area (TPSA) is 0 Å². The van der Waals surface area contributed by atoms with E-state index in [1.54, 1.807) is 15.8 Å². The molecule has 0 bridgehead atoms. The molecule has 0 saturated carbocycles. The summed E-state index contributed by atoms with van der Waals surface area (Å²) in [6, 6.07) is 0.